The molecule has 0 unspecified atom stereocenters. The molecule has 24 heavy (non-hydrogen) atoms. The second-order valence-electron chi connectivity index (χ2n) is 6.15. The minimum Gasteiger partial charge on any atom is -0.383 e. The predicted octanol–water partition coefficient (Wildman–Crippen LogP) is 1.30. The van der Waals surface area contributed by atoms with E-state index >= 15 is 0 Å². The van der Waals surface area contributed by atoms with Crippen LogP contribution in [-0.4, -0.2) is 48.4 Å². The second-order valence-corrected chi connectivity index (χ2v) is 6.15. The van der Waals surface area contributed by atoms with E-state index < -0.39 is 0 Å². The Morgan fingerprint density at radius 1 is 1.50 bits per heavy atom. The average molecular weight is 327 g/mol. The molecule has 0 spiro atoms. The van der Waals surface area contributed by atoms with Crippen LogP contribution in [0.4, 0.5) is 11.5 Å². The van der Waals surface area contributed by atoms with Crippen molar-refractivity contribution in [2.45, 2.75) is 19.0 Å². The van der Waals surface area contributed by atoms with E-state index in [1.165, 1.54) is 0 Å². The van der Waals surface area contributed by atoms with Crippen molar-refractivity contribution in [1.29, 1.82) is 0 Å². The second kappa shape index (κ2) is 6.59. The maximum Gasteiger partial charge on any atom is 0.270 e. The predicted molar refractivity (Wildman–Crippen MR) is 93.7 cm³/mol. The number of nitrogens with one attached hydrogen (secondary N) is 1. The van der Waals surface area contributed by atoms with Crippen LogP contribution in [0.1, 0.15) is 6.92 Å². The van der Waals surface area contributed by atoms with Crippen molar-refractivity contribution in [3.63, 3.8) is 0 Å². The van der Waals surface area contributed by atoms with Crippen molar-refractivity contribution in [3.8, 4) is 0 Å². The van der Waals surface area contributed by atoms with E-state index in [1.54, 1.807) is 36.9 Å². The van der Waals surface area contributed by atoms with Gasteiger partial charge in [0.2, 0.25) is 5.52 Å². The number of rotatable bonds is 3. The number of anilines is 1. The summed E-state index contributed by atoms with van der Waals surface area (Å²) in [7, 11) is 3.40. The third-order valence-electron chi connectivity index (χ3n) is 4.45. The molecule has 0 radical (unpaired) electrons. The maximum atomic E-state index is 12.4. The van der Waals surface area contributed by atoms with Crippen LogP contribution in [0.25, 0.3) is 15.9 Å². The molecule has 1 saturated heterocycles. The zero-order chi connectivity index (χ0) is 17.3. The van der Waals surface area contributed by atoms with Gasteiger partial charge in [-0.3, -0.25) is 4.79 Å². The van der Waals surface area contributed by atoms with Crippen LogP contribution < -0.4 is 15.8 Å². The fourth-order valence-electron chi connectivity index (χ4n) is 3.18. The highest BCUT2D eigenvalue weighted by Gasteiger charge is 2.29. The van der Waals surface area contributed by atoms with E-state index in [4.69, 9.17) is 11.3 Å². The summed E-state index contributed by atoms with van der Waals surface area (Å²) in [5.41, 5.74) is 2.10. The topological polar surface area (TPSA) is 63.8 Å². The van der Waals surface area contributed by atoms with Gasteiger partial charge in [-0.25, -0.2) is 0 Å². The molecule has 1 N–H and O–H groups in total. The minimum atomic E-state index is -0.0859. The van der Waals surface area contributed by atoms with Gasteiger partial charge in [0.25, 0.3) is 11.4 Å². The summed E-state index contributed by atoms with van der Waals surface area (Å²) < 4.78 is 6.91. The number of aromatic nitrogens is 2. The van der Waals surface area contributed by atoms with Crippen LogP contribution in [0, 0.1) is 6.57 Å². The number of nitrogens with zero attached hydrogens (tertiary/aromatic N) is 4. The standard InChI is InChI=1S/C17H21N5O2/c1-11-9-22(12(8-19-11)10-24-4)14-7-16(23)21(3)13-5-6-15(18-2)20-17(13)14/h5-7,11-12,19H,8-10H2,1,3-4H3/t11-,12-/m1/s1. The SMILES string of the molecule is [C-]#[N+]c1ccc2c(n1)c(N1C[C@@H](C)NC[C@@H]1COC)cc(=O)n2C. The minimum absolute atomic E-state index is 0.0859. The Morgan fingerprint density at radius 2 is 2.29 bits per heavy atom. The summed E-state index contributed by atoms with van der Waals surface area (Å²) in [6.07, 6.45) is 0. The maximum absolute atomic E-state index is 12.4. The number of aryl methyl sites for hydroxylation is 1. The molecular weight excluding hydrogens is 306 g/mol. The van der Waals surface area contributed by atoms with Gasteiger partial charge in [0, 0.05) is 39.4 Å². The summed E-state index contributed by atoms with van der Waals surface area (Å²) in [5.74, 6) is 0.328. The first-order chi connectivity index (χ1) is 11.5. The van der Waals surface area contributed by atoms with Crippen molar-refractivity contribution in [2.75, 3.05) is 31.7 Å². The highest BCUT2D eigenvalue weighted by molar-refractivity contribution is 5.89. The molecule has 0 saturated carbocycles. The van der Waals surface area contributed by atoms with Crippen molar-refractivity contribution < 1.29 is 4.74 Å². The van der Waals surface area contributed by atoms with Crippen LogP contribution in [0.15, 0.2) is 23.0 Å². The first-order valence-corrected chi connectivity index (χ1v) is 7.92. The van der Waals surface area contributed by atoms with Gasteiger partial charge in [-0.1, -0.05) is 6.57 Å². The number of hydrogen-bond donors (Lipinski definition) is 1. The molecule has 3 heterocycles. The molecule has 7 nitrogen and oxygen atoms in total. The first-order valence-electron chi connectivity index (χ1n) is 7.92. The Balaban J connectivity index is 2.21. The van der Waals surface area contributed by atoms with Gasteiger partial charge in [0.1, 0.15) is 0 Å². The van der Waals surface area contributed by atoms with Crippen LogP contribution >= 0.6 is 0 Å². The van der Waals surface area contributed by atoms with Crippen LogP contribution in [-0.2, 0) is 11.8 Å². The lowest BCUT2D eigenvalue weighted by atomic mass is 10.1. The molecule has 2 atom stereocenters. The Bertz CT molecular complexity index is 854. The highest BCUT2D eigenvalue weighted by Crippen LogP contribution is 2.28. The Labute approximate surface area is 140 Å². The molecule has 126 valence electrons. The third-order valence-corrected chi connectivity index (χ3v) is 4.45. The zero-order valence-electron chi connectivity index (χ0n) is 14.1. The van der Waals surface area contributed by atoms with Gasteiger partial charge in [-0.2, -0.15) is 0 Å². The molecule has 2 aromatic rings. The van der Waals surface area contributed by atoms with E-state index in [1.807, 2.05) is 0 Å². The Kier molecular flexibility index (Phi) is 4.51. The quantitative estimate of drug-likeness (QED) is 0.861. The van der Waals surface area contributed by atoms with Gasteiger partial charge in [-0.15, -0.1) is 4.98 Å². The molecule has 0 amide bonds. The molecule has 0 bridgehead atoms. The number of methoxy groups -OCH3 is 1. The van der Waals surface area contributed by atoms with Gasteiger partial charge in [0.05, 0.1) is 23.9 Å². The summed E-state index contributed by atoms with van der Waals surface area (Å²) in [6.45, 7) is 11.4. The van der Waals surface area contributed by atoms with Crippen molar-refractivity contribution in [3.05, 3.63) is 40.0 Å². The third kappa shape index (κ3) is 2.86. The van der Waals surface area contributed by atoms with E-state index in [-0.39, 0.29) is 11.6 Å². The summed E-state index contributed by atoms with van der Waals surface area (Å²) in [4.78, 5) is 22.5. The lowest BCUT2D eigenvalue weighted by Crippen LogP contribution is -2.57. The summed E-state index contributed by atoms with van der Waals surface area (Å²) in [6, 6.07) is 5.45. The fourth-order valence-corrected chi connectivity index (χ4v) is 3.18. The molecule has 2 aromatic heterocycles. The van der Waals surface area contributed by atoms with E-state index in [0.717, 1.165) is 24.3 Å². The van der Waals surface area contributed by atoms with Crippen molar-refractivity contribution in [2.24, 2.45) is 7.05 Å². The molecule has 1 fully saturated rings. The Morgan fingerprint density at radius 3 is 3.00 bits per heavy atom. The van der Waals surface area contributed by atoms with Gasteiger partial charge >= 0.3 is 0 Å². The van der Waals surface area contributed by atoms with Gasteiger partial charge in [-0.05, 0) is 19.1 Å². The summed E-state index contributed by atoms with van der Waals surface area (Å²) >= 11 is 0. The van der Waals surface area contributed by atoms with Crippen LogP contribution in [0.5, 0.6) is 0 Å². The number of fused-ring (bicyclic) bond motifs is 1. The van der Waals surface area contributed by atoms with Crippen molar-refractivity contribution >= 4 is 22.5 Å². The van der Waals surface area contributed by atoms with E-state index in [9.17, 15) is 4.79 Å². The highest BCUT2D eigenvalue weighted by atomic mass is 16.5. The smallest absolute Gasteiger partial charge is 0.270 e. The zero-order valence-corrected chi connectivity index (χ0v) is 14.1. The molecular formula is C17H21N5O2. The summed E-state index contributed by atoms with van der Waals surface area (Å²) in [5, 5.41) is 3.44. The van der Waals surface area contributed by atoms with E-state index in [2.05, 4.69) is 27.0 Å². The molecule has 3 rings (SSSR count). The Hall–Kier alpha value is -2.43. The molecule has 7 heteroatoms. The number of hydrogen-bond acceptors (Lipinski definition) is 5. The lowest BCUT2D eigenvalue weighted by Gasteiger charge is -2.40. The molecule has 0 aromatic carbocycles. The van der Waals surface area contributed by atoms with Crippen molar-refractivity contribution in [1.82, 2.24) is 14.9 Å². The molecule has 0 aliphatic carbocycles. The molecule has 1 aliphatic rings. The van der Waals surface area contributed by atoms with Crippen LogP contribution in [0.3, 0.4) is 0 Å². The van der Waals surface area contributed by atoms with Gasteiger partial charge in [0.15, 0.2) is 0 Å². The number of pyridine rings is 2. The lowest BCUT2D eigenvalue weighted by molar-refractivity contribution is 0.166. The largest absolute Gasteiger partial charge is 0.383 e. The fraction of sp³-hybridized carbons (Fsp3) is 0.471. The average Bonchev–Trinajstić information content (AvgIpc) is 2.59. The first kappa shape index (κ1) is 16.4. The number of piperazine rings is 1. The van der Waals surface area contributed by atoms with E-state index in [0.29, 0.717) is 24.0 Å². The normalized spacial score (nSPS) is 21.0. The number of ether oxygens (including phenoxy) is 1. The molecule has 1 aliphatic heterocycles. The van der Waals surface area contributed by atoms with Gasteiger partial charge < -0.3 is 24.4 Å². The monoisotopic (exact) mass is 327 g/mol. The van der Waals surface area contributed by atoms with Crippen LogP contribution in [0.2, 0.25) is 0 Å².